The first-order valence-corrected chi connectivity index (χ1v) is 6.44. The summed E-state index contributed by atoms with van der Waals surface area (Å²) in [5.41, 5.74) is 1.42. The summed E-state index contributed by atoms with van der Waals surface area (Å²) in [6.07, 6.45) is 0. The van der Waals surface area contributed by atoms with Crippen molar-refractivity contribution in [2.45, 2.75) is 6.54 Å². The summed E-state index contributed by atoms with van der Waals surface area (Å²) in [6.45, 7) is 0.425. The largest absolute Gasteiger partial charge is 0.358 e. The molecule has 1 amide bonds. The van der Waals surface area contributed by atoms with Crippen LogP contribution >= 0.6 is 12.2 Å². The third-order valence-electron chi connectivity index (χ3n) is 2.63. The molecular weight excluding hydrogens is 277 g/mol. The highest BCUT2D eigenvalue weighted by molar-refractivity contribution is 7.80. The Morgan fingerprint density at radius 1 is 1.10 bits per heavy atom. The van der Waals surface area contributed by atoms with Gasteiger partial charge in [0.1, 0.15) is 5.82 Å². The number of amides is 1. The van der Waals surface area contributed by atoms with Crippen LogP contribution in [0.4, 0.5) is 4.39 Å². The van der Waals surface area contributed by atoms with E-state index in [0.29, 0.717) is 12.1 Å². The van der Waals surface area contributed by atoms with Gasteiger partial charge in [0.05, 0.1) is 0 Å². The van der Waals surface area contributed by atoms with E-state index in [-0.39, 0.29) is 16.8 Å². The van der Waals surface area contributed by atoms with Crippen LogP contribution in [0, 0.1) is 5.82 Å². The zero-order valence-corrected chi connectivity index (χ0v) is 11.4. The molecule has 2 N–H and O–H groups in total. The van der Waals surface area contributed by atoms with E-state index in [1.54, 1.807) is 36.4 Å². The number of rotatable bonds is 3. The number of hydrogen-bond acceptors (Lipinski definition) is 2. The maximum Gasteiger partial charge on any atom is 0.257 e. The van der Waals surface area contributed by atoms with Crippen LogP contribution in [0.5, 0.6) is 0 Å². The molecule has 0 heterocycles. The van der Waals surface area contributed by atoms with Crippen LogP contribution in [-0.4, -0.2) is 11.0 Å². The van der Waals surface area contributed by atoms with Crippen molar-refractivity contribution in [2.75, 3.05) is 0 Å². The Morgan fingerprint density at radius 2 is 1.75 bits per heavy atom. The van der Waals surface area contributed by atoms with E-state index in [4.69, 9.17) is 12.2 Å². The quantitative estimate of drug-likeness (QED) is 0.854. The first-order valence-electron chi connectivity index (χ1n) is 6.04. The third-order valence-corrected chi connectivity index (χ3v) is 2.88. The molecule has 2 aromatic carbocycles. The topological polar surface area (TPSA) is 41.1 Å². The number of hydrogen-bond donors (Lipinski definition) is 2. The van der Waals surface area contributed by atoms with Crippen molar-refractivity contribution in [1.82, 2.24) is 10.6 Å². The Labute approximate surface area is 121 Å². The minimum Gasteiger partial charge on any atom is -0.358 e. The monoisotopic (exact) mass is 290 g/mol. The molecular formula is C15H13FN2OS. The summed E-state index contributed by atoms with van der Waals surface area (Å²) in [5.74, 6) is -0.545. The average molecular weight is 290 g/mol. The molecule has 0 atom stereocenters. The molecule has 2 rings (SSSR count). The minimum absolute atomic E-state index is 0.239. The van der Waals surface area contributed by atoms with E-state index in [2.05, 4.69) is 10.6 Å². The average Bonchev–Trinajstić information content (AvgIpc) is 2.47. The van der Waals surface area contributed by atoms with Crippen molar-refractivity contribution < 1.29 is 9.18 Å². The number of halogens is 1. The zero-order valence-electron chi connectivity index (χ0n) is 10.6. The molecule has 2 aromatic rings. The summed E-state index contributed by atoms with van der Waals surface area (Å²) in [7, 11) is 0. The predicted octanol–water partition coefficient (Wildman–Crippen LogP) is 2.63. The van der Waals surface area contributed by atoms with Gasteiger partial charge in [0.2, 0.25) is 0 Å². The molecule has 102 valence electrons. The van der Waals surface area contributed by atoms with Crippen LogP contribution in [0.25, 0.3) is 0 Å². The number of thiocarbonyl (C=S) groups is 1. The van der Waals surface area contributed by atoms with Gasteiger partial charge in [-0.3, -0.25) is 10.1 Å². The lowest BCUT2D eigenvalue weighted by atomic mass is 10.2. The smallest absolute Gasteiger partial charge is 0.257 e. The van der Waals surface area contributed by atoms with Crippen molar-refractivity contribution in [3.63, 3.8) is 0 Å². The van der Waals surface area contributed by atoms with Crippen molar-refractivity contribution in [2.24, 2.45) is 0 Å². The van der Waals surface area contributed by atoms with Gasteiger partial charge in [-0.25, -0.2) is 4.39 Å². The van der Waals surface area contributed by atoms with E-state index < -0.39 is 0 Å². The summed E-state index contributed by atoms with van der Waals surface area (Å²) in [6, 6.07) is 14.9. The maximum atomic E-state index is 12.7. The van der Waals surface area contributed by atoms with Crippen molar-refractivity contribution in [3.8, 4) is 0 Å². The first-order chi connectivity index (χ1) is 9.65. The highest BCUT2D eigenvalue weighted by atomic mass is 32.1. The lowest BCUT2D eigenvalue weighted by molar-refractivity contribution is 0.0976. The lowest BCUT2D eigenvalue weighted by Gasteiger charge is -2.09. The van der Waals surface area contributed by atoms with Crippen LogP contribution in [-0.2, 0) is 6.54 Å². The standard InChI is InChI=1S/C15H13FN2OS/c16-13-8-6-11(7-9-13)10-17-15(20)18-14(19)12-4-2-1-3-5-12/h1-9H,10H2,(H2,17,18,19,20)/i15+2. The van der Waals surface area contributed by atoms with Crippen molar-refractivity contribution in [1.29, 1.82) is 0 Å². The summed E-state index contributed by atoms with van der Waals surface area (Å²) >= 11 is 5.04. The lowest BCUT2D eigenvalue weighted by Crippen LogP contribution is -2.38. The minimum atomic E-state index is -0.284. The molecule has 20 heavy (non-hydrogen) atoms. The fraction of sp³-hybridized carbons (Fsp3) is 0.0667. The van der Waals surface area contributed by atoms with Gasteiger partial charge >= 0.3 is 0 Å². The Hall–Kier alpha value is -2.27. The van der Waals surface area contributed by atoms with Crippen molar-refractivity contribution >= 4 is 23.2 Å². The molecule has 0 aromatic heterocycles. The van der Waals surface area contributed by atoms with E-state index in [0.717, 1.165) is 5.56 Å². The second-order valence-electron chi connectivity index (χ2n) is 4.13. The summed E-state index contributed by atoms with van der Waals surface area (Å²) in [4.78, 5) is 11.8. The van der Waals surface area contributed by atoms with E-state index in [1.807, 2.05) is 6.07 Å². The van der Waals surface area contributed by atoms with Crippen LogP contribution in [0.3, 0.4) is 0 Å². The Morgan fingerprint density at radius 3 is 2.40 bits per heavy atom. The first kappa shape index (κ1) is 14.1. The molecule has 0 saturated carbocycles. The normalized spacial score (nSPS) is 9.85. The fourth-order valence-corrected chi connectivity index (χ4v) is 1.76. The van der Waals surface area contributed by atoms with Gasteiger partial charge in [0.25, 0.3) is 5.91 Å². The molecule has 0 aliphatic rings. The molecule has 0 saturated heterocycles. The van der Waals surface area contributed by atoms with Gasteiger partial charge in [-0.2, -0.15) is 0 Å². The molecule has 0 bridgehead atoms. The molecule has 0 radical (unpaired) electrons. The summed E-state index contributed by atoms with van der Waals surface area (Å²) in [5, 5.41) is 5.72. The van der Waals surface area contributed by atoms with E-state index in [9.17, 15) is 9.18 Å². The van der Waals surface area contributed by atoms with Gasteiger partial charge in [-0.1, -0.05) is 30.3 Å². The molecule has 3 nitrogen and oxygen atoms in total. The van der Waals surface area contributed by atoms with Gasteiger partial charge in [-0.15, -0.1) is 0 Å². The Kier molecular flexibility index (Phi) is 4.79. The van der Waals surface area contributed by atoms with Gasteiger partial charge < -0.3 is 5.32 Å². The number of benzene rings is 2. The van der Waals surface area contributed by atoms with Gasteiger partial charge in [0.15, 0.2) is 5.11 Å². The molecule has 0 fully saturated rings. The highest BCUT2D eigenvalue weighted by Crippen LogP contribution is 2.02. The number of nitrogens with one attached hydrogen (secondary N) is 2. The van der Waals surface area contributed by atoms with Crippen LogP contribution in [0.2, 0.25) is 0 Å². The van der Waals surface area contributed by atoms with E-state index in [1.165, 1.54) is 12.1 Å². The predicted molar refractivity (Wildman–Crippen MR) is 79.7 cm³/mol. The highest BCUT2D eigenvalue weighted by Gasteiger charge is 2.06. The second-order valence-corrected chi connectivity index (χ2v) is 4.54. The Bertz CT molecular complexity index is 599. The second kappa shape index (κ2) is 6.77. The van der Waals surface area contributed by atoms with Gasteiger partial charge in [0, 0.05) is 12.1 Å². The molecule has 0 aliphatic carbocycles. The van der Waals surface area contributed by atoms with E-state index >= 15 is 0 Å². The maximum absolute atomic E-state index is 12.7. The van der Waals surface area contributed by atoms with Crippen LogP contribution in [0.15, 0.2) is 54.6 Å². The zero-order chi connectivity index (χ0) is 14.4. The van der Waals surface area contributed by atoms with Crippen LogP contribution < -0.4 is 10.6 Å². The third kappa shape index (κ3) is 4.13. The number of carbonyl (C=O) groups excluding carboxylic acids is 1. The summed E-state index contributed by atoms with van der Waals surface area (Å²) < 4.78 is 12.7. The van der Waals surface area contributed by atoms with Gasteiger partial charge in [-0.05, 0) is 42.0 Å². The van der Waals surface area contributed by atoms with Crippen LogP contribution in [0.1, 0.15) is 15.9 Å². The fourth-order valence-electron chi connectivity index (χ4n) is 1.59. The molecule has 0 aliphatic heterocycles. The number of carbonyl (C=O) groups is 1. The molecule has 0 unspecified atom stereocenters. The van der Waals surface area contributed by atoms with Crippen molar-refractivity contribution in [3.05, 3.63) is 71.5 Å². The SMILES string of the molecule is O=C(N[14C](=S)NCc1ccc(F)cc1)c1ccccc1. The molecule has 0 spiro atoms. The molecule has 5 heteroatoms. The Balaban J connectivity index is 1.84.